The average Bonchev–Trinajstić information content (AvgIpc) is 2.76. The van der Waals surface area contributed by atoms with E-state index in [1.54, 1.807) is 11.1 Å². The first-order valence-electron chi connectivity index (χ1n) is 9.34. The van der Waals surface area contributed by atoms with Gasteiger partial charge in [-0.05, 0) is 41.8 Å². The number of aromatic hydroxyl groups is 1. The Labute approximate surface area is 179 Å². The fraction of sp³-hybridized carbons (Fsp3) is 0. The first-order valence-corrected chi connectivity index (χ1v) is 9.34. The van der Waals surface area contributed by atoms with E-state index in [2.05, 4.69) is 15.2 Å². The Morgan fingerprint density at radius 1 is 0.938 bits per heavy atom. The Bertz CT molecular complexity index is 1510. The van der Waals surface area contributed by atoms with Crippen LogP contribution in [-0.2, 0) is 0 Å². The molecule has 32 heavy (non-hydrogen) atoms. The minimum Gasteiger partial charge on any atom is -0.507 e. The second-order valence-corrected chi connectivity index (χ2v) is 6.70. The standard InChI is InChI=1S/C22H15N5O5/c28-19-11-9-15(25-26-17-7-3-5-13-4-1-2-6-16(13)17)12-14(19)8-10-18-20(27(31)32)21(29)24-22(30)23-18/h1-12,28H,(H2,23,24,29,30)/b10-8+,26-25?. The molecule has 10 heteroatoms. The van der Waals surface area contributed by atoms with Crippen LogP contribution in [0.3, 0.4) is 0 Å². The molecule has 3 aromatic carbocycles. The summed E-state index contributed by atoms with van der Waals surface area (Å²) >= 11 is 0. The molecule has 0 saturated heterocycles. The van der Waals surface area contributed by atoms with Gasteiger partial charge in [-0.15, -0.1) is 5.11 Å². The number of nitrogens with one attached hydrogen (secondary N) is 2. The summed E-state index contributed by atoms with van der Waals surface area (Å²) in [4.78, 5) is 37.5. The van der Waals surface area contributed by atoms with Crippen LogP contribution in [0.5, 0.6) is 5.75 Å². The number of phenols is 1. The van der Waals surface area contributed by atoms with E-state index in [-0.39, 0.29) is 17.0 Å². The van der Waals surface area contributed by atoms with Crippen molar-refractivity contribution in [1.29, 1.82) is 0 Å². The zero-order valence-corrected chi connectivity index (χ0v) is 16.4. The summed E-state index contributed by atoms with van der Waals surface area (Å²) in [6.45, 7) is 0. The number of H-pyrrole nitrogens is 2. The quantitative estimate of drug-likeness (QED) is 0.243. The summed E-state index contributed by atoms with van der Waals surface area (Å²) < 4.78 is 0. The second kappa shape index (κ2) is 8.48. The molecule has 0 aliphatic heterocycles. The lowest BCUT2D eigenvalue weighted by molar-refractivity contribution is -0.386. The fourth-order valence-electron chi connectivity index (χ4n) is 3.12. The van der Waals surface area contributed by atoms with Crippen LogP contribution < -0.4 is 11.2 Å². The van der Waals surface area contributed by atoms with E-state index in [9.17, 15) is 24.8 Å². The normalized spacial score (nSPS) is 11.5. The van der Waals surface area contributed by atoms with Gasteiger partial charge in [-0.3, -0.25) is 19.9 Å². The Kier molecular flexibility index (Phi) is 5.41. The lowest BCUT2D eigenvalue weighted by atomic mass is 10.1. The number of nitrogens with zero attached hydrogens (tertiary/aromatic N) is 3. The van der Waals surface area contributed by atoms with Crippen molar-refractivity contribution in [2.75, 3.05) is 0 Å². The third-order valence-corrected chi connectivity index (χ3v) is 4.61. The number of azo groups is 1. The number of hydrogen-bond donors (Lipinski definition) is 3. The molecule has 4 rings (SSSR count). The van der Waals surface area contributed by atoms with Crippen molar-refractivity contribution >= 4 is 40.0 Å². The zero-order valence-electron chi connectivity index (χ0n) is 16.4. The highest BCUT2D eigenvalue weighted by molar-refractivity contribution is 5.92. The van der Waals surface area contributed by atoms with Crippen molar-refractivity contribution in [3.63, 3.8) is 0 Å². The Morgan fingerprint density at radius 2 is 1.72 bits per heavy atom. The van der Waals surface area contributed by atoms with Crippen molar-refractivity contribution < 1.29 is 10.0 Å². The van der Waals surface area contributed by atoms with Crippen molar-refractivity contribution in [3.05, 3.63) is 103 Å². The Balaban J connectivity index is 1.69. The van der Waals surface area contributed by atoms with Crippen molar-refractivity contribution in [3.8, 4) is 5.75 Å². The topological polar surface area (TPSA) is 154 Å². The molecule has 0 aliphatic carbocycles. The highest BCUT2D eigenvalue weighted by Gasteiger charge is 2.18. The van der Waals surface area contributed by atoms with Crippen LogP contribution in [0.25, 0.3) is 22.9 Å². The molecule has 0 spiro atoms. The molecule has 1 aromatic heterocycles. The predicted molar refractivity (Wildman–Crippen MR) is 119 cm³/mol. The van der Waals surface area contributed by atoms with Gasteiger partial charge < -0.3 is 10.1 Å². The molecule has 0 saturated carbocycles. The Hall–Kier alpha value is -4.86. The minimum absolute atomic E-state index is 0.125. The van der Waals surface area contributed by atoms with Gasteiger partial charge in [0.2, 0.25) is 0 Å². The number of phenolic OH excluding ortho intramolecular Hbond substituents is 1. The van der Waals surface area contributed by atoms with E-state index >= 15 is 0 Å². The van der Waals surface area contributed by atoms with Crippen LogP contribution >= 0.6 is 0 Å². The molecule has 0 fully saturated rings. The lowest BCUT2D eigenvalue weighted by Gasteiger charge is -2.02. The maximum Gasteiger partial charge on any atom is 0.357 e. The van der Waals surface area contributed by atoms with E-state index in [0.29, 0.717) is 11.4 Å². The van der Waals surface area contributed by atoms with Gasteiger partial charge in [0, 0.05) is 10.9 Å². The molecular formula is C22H15N5O5. The SMILES string of the molecule is O=c1[nH]c(/C=C/c2cc(N=Nc3cccc4ccccc34)ccc2O)c([N+](=O)[O-])c(=O)[nH]1. The van der Waals surface area contributed by atoms with Crippen LogP contribution in [0.4, 0.5) is 17.1 Å². The fourth-order valence-corrected chi connectivity index (χ4v) is 3.12. The lowest BCUT2D eigenvalue weighted by Crippen LogP contribution is -2.25. The molecule has 158 valence electrons. The Morgan fingerprint density at radius 3 is 2.53 bits per heavy atom. The van der Waals surface area contributed by atoms with Gasteiger partial charge >= 0.3 is 16.9 Å². The molecule has 0 atom stereocenters. The van der Waals surface area contributed by atoms with Gasteiger partial charge in [-0.1, -0.05) is 36.4 Å². The summed E-state index contributed by atoms with van der Waals surface area (Å²) in [5, 5.41) is 31.7. The molecule has 0 unspecified atom stereocenters. The molecule has 0 radical (unpaired) electrons. The van der Waals surface area contributed by atoms with E-state index in [1.807, 2.05) is 42.5 Å². The van der Waals surface area contributed by atoms with E-state index in [4.69, 9.17) is 0 Å². The van der Waals surface area contributed by atoms with Gasteiger partial charge in [0.1, 0.15) is 11.4 Å². The minimum atomic E-state index is -1.12. The summed E-state index contributed by atoms with van der Waals surface area (Å²) in [6, 6.07) is 17.9. The number of hydrogen-bond acceptors (Lipinski definition) is 7. The molecule has 0 amide bonds. The van der Waals surface area contributed by atoms with Crippen LogP contribution in [-0.4, -0.2) is 20.0 Å². The third-order valence-electron chi connectivity index (χ3n) is 4.61. The highest BCUT2D eigenvalue weighted by Crippen LogP contribution is 2.30. The van der Waals surface area contributed by atoms with Crippen molar-refractivity contribution in [1.82, 2.24) is 9.97 Å². The van der Waals surface area contributed by atoms with Gasteiger partial charge in [0.15, 0.2) is 0 Å². The van der Waals surface area contributed by atoms with Crippen molar-refractivity contribution in [2.24, 2.45) is 10.2 Å². The van der Waals surface area contributed by atoms with E-state index in [1.165, 1.54) is 18.2 Å². The van der Waals surface area contributed by atoms with Crippen molar-refractivity contribution in [2.45, 2.75) is 0 Å². The maximum absolute atomic E-state index is 11.7. The first-order chi connectivity index (χ1) is 15.4. The van der Waals surface area contributed by atoms with Crippen LogP contribution in [0.15, 0.2) is 80.5 Å². The second-order valence-electron chi connectivity index (χ2n) is 6.70. The highest BCUT2D eigenvalue weighted by atomic mass is 16.6. The number of fused-ring (bicyclic) bond motifs is 1. The monoisotopic (exact) mass is 429 g/mol. The summed E-state index contributed by atoms with van der Waals surface area (Å²) in [7, 11) is 0. The van der Waals surface area contributed by atoms with Gasteiger partial charge in [-0.25, -0.2) is 4.79 Å². The average molecular weight is 429 g/mol. The smallest absolute Gasteiger partial charge is 0.357 e. The summed E-state index contributed by atoms with van der Waals surface area (Å²) in [5.74, 6) is -0.125. The van der Waals surface area contributed by atoms with E-state index < -0.39 is 21.9 Å². The van der Waals surface area contributed by atoms with Crippen LogP contribution in [0, 0.1) is 10.1 Å². The van der Waals surface area contributed by atoms with Gasteiger partial charge in [0.25, 0.3) is 0 Å². The molecule has 3 N–H and O–H groups in total. The molecule has 0 bridgehead atoms. The first kappa shape index (κ1) is 20.4. The van der Waals surface area contributed by atoms with Crippen LogP contribution in [0.2, 0.25) is 0 Å². The number of rotatable bonds is 5. The van der Waals surface area contributed by atoms with Gasteiger partial charge in [0.05, 0.1) is 16.3 Å². The molecule has 10 nitrogen and oxygen atoms in total. The summed E-state index contributed by atoms with van der Waals surface area (Å²) in [5.41, 5.74) is -1.77. The number of aromatic amines is 2. The molecular weight excluding hydrogens is 414 g/mol. The third kappa shape index (κ3) is 4.19. The van der Waals surface area contributed by atoms with Gasteiger partial charge in [-0.2, -0.15) is 5.11 Å². The zero-order chi connectivity index (χ0) is 22.7. The molecule has 4 aromatic rings. The predicted octanol–water partition coefficient (Wildman–Crippen LogP) is 4.42. The van der Waals surface area contributed by atoms with E-state index in [0.717, 1.165) is 16.8 Å². The molecule has 1 heterocycles. The van der Waals surface area contributed by atoms with Crippen LogP contribution in [0.1, 0.15) is 11.3 Å². The summed E-state index contributed by atoms with van der Waals surface area (Å²) in [6.07, 6.45) is 2.49. The largest absolute Gasteiger partial charge is 0.507 e. The number of aromatic nitrogens is 2. The number of nitro groups is 1. The number of benzene rings is 3. The maximum atomic E-state index is 11.7. The molecule has 0 aliphatic rings.